The molecule has 0 saturated heterocycles. The van der Waals surface area contributed by atoms with Crippen molar-refractivity contribution in [2.75, 3.05) is 0 Å². The van der Waals surface area contributed by atoms with Crippen molar-refractivity contribution < 1.29 is 12.9 Å². The molecule has 1 fully saturated rings. The summed E-state index contributed by atoms with van der Waals surface area (Å²) in [5.41, 5.74) is 1.07. The van der Waals surface area contributed by atoms with Crippen LogP contribution in [0.3, 0.4) is 0 Å². The molecule has 1 saturated carbocycles. The second-order valence-electron chi connectivity index (χ2n) is 5.71. The van der Waals surface area contributed by atoms with Crippen molar-refractivity contribution >= 4 is 10.0 Å². The van der Waals surface area contributed by atoms with Gasteiger partial charge in [0.2, 0.25) is 15.9 Å². The van der Waals surface area contributed by atoms with Gasteiger partial charge in [-0.3, -0.25) is 0 Å². The zero-order valence-electron chi connectivity index (χ0n) is 11.9. The predicted molar refractivity (Wildman–Crippen MR) is 76.3 cm³/mol. The van der Waals surface area contributed by atoms with E-state index in [1.807, 2.05) is 13.8 Å². The minimum atomic E-state index is -3.64. The molecule has 2 atom stereocenters. The van der Waals surface area contributed by atoms with Crippen LogP contribution < -0.4 is 5.14 Å². The Kier molecular flexibility index (Phi) is 3.33. The van der Waals surface area contributed by atoms with Crippen LogP contribution in [0.15, 0.2) is 33.7 Å². The fourth-order valence-electron chi connectivity index (χ4n) is 2.37. The molecular formula is C14H17N3O3S. The van der Waals surface area contributed by atoms with E-state index in [0.29, 0.717) is 11.8 Å². The first-order chi connectivity index (χ1) is 9.86. The number of benzene rings is 1. The van der Waals surface area contributed by atoms with Crippen LogP contribution in [0, 0.1) is 0 Å². The SMILES string of the molecule is CC(C)c1noc([C@@H]2C[C@H]2c2ccc(S(N)(=O)=O)cc2)n1. The molecule has 1 aromatic heterocycles. The Bertz CT molecular complexity index is 750. The van der Waals surface area contributed by atoms with Gasteiger partial charge in [-0.25, -0.2) is 13.6 Å². The van der Waals surface area contributed by atoms with Crippen LogP contribution in [0.5, 0.6) is 0 Å². The molecule has 0 radical (unpaired) electrons. The van der Waals surface area contributed by atoms with Crippen molar-refractivity contribution in [3.63, 3.8) is 0 Å². The number of aromatic nitrogens is 2. The molecule has 0 amide bonds. The molecule has 2 aromatic rings. The second kappa shape index (κ2) is 4.92. The first-order valence-corrected chi connectivity index (χ1v) is 8.37. The molecule has 3 rings (SSSR count). The molecule has 2 N–H and O–H groups in total. The van der Waals surface area contributed by atoms with Gasteiger partial charge < -0.3 is 4.52 Å². The predicted octanol–water partition coefficient (Wildman–Crippen LogP) is 2.11. The molecule has 0 unspecified atom stereocenters. The molecule has 21 heavy (non-hydrogen) atoms. The van der Waals surface area contributed by atoms with Crippen molar-refractivity contribution in [3.8, 4) is 0 Å². The van der Waals surface area contributed by atoms with Gasteiger partial charge in [0.25, 0.3) is 0 Å². The van der Waals surface area contributed by atoms with Crippen molar-refractivity contribution in [1.82, 2.24) is 10.1 Å². The first-order valence-electron chi connectivity index (χ1n) is 6.82. The maximum absolute atomic E-state index is 11.2. The van der Waals surface area contributed by atoms with Crippen LogP contribution in [-0.4, -0.2) is 18.6 Å². The monoisotopic (exact) mass is 307 g/mol. The van der Waals surface area contributed by atoms with Gasteiger partial charge in [0.1, 0.15) is 0 Å². The van der Waals surface area contributed by atoms with Gasteiger partial charge in [-0.15, -0.1) is 0 Å². The molecule has 7 heteroatoms. The summed E-state index contributed by atoms with van der Waals surface area (Å²) in [7, 11) is -3.64. The molecule has 0 bridgehead atoms. The Morgan fingerprint density at radius 3 is 2.43 bits per heavy atom. The quantitative estimate of drug-likeness (QED) is 0.932. The molecular weight excluding hydrogens is 290 g/mol. The van der Waals surface area contributed by atoms with E-state index < -0.39 is 10.0 Å². The molecule has 112 valence electrons. The third kappa shape index (κ3) is 2.84. The van der Waals surface area contributed by atoms with Crippen LogP contribution in [0.1, 0.15) is 55.3 Å². The zero-order valence-corrected chi connectivity index (χ0v) is 12.7. The van der Waals surface area contributed by atoms with E-state index in [4.69, 9.17) is 9.66 Å². The summed E-state index contributed by atoms with van der Waals surface area (Å²) in [6.45, 7) is 4.04. The summed E-state index contributed by atoms with van der Waals surface area (Å²) in [6.07, 6.45) is 0.939. The number of nitrogens with zero attached hydrogens (tertiary/aromatic N) is 2. The highest BCUT2D eigenvalue weighted by atomic mass is 32.2. The molecule has 1 aliphatic carbocycles. The van der Waals surface area contributed by atoms with Crippen LogP contribution in [0.4, 0.5) is 0 Å². The van der Waals surface area contributed by atoms with Crippen LogP contribution in [-0.2, 0) is 10.0 Å². The lowest BCUT2D eigenvalue weighted by Gasteiger charge is -2.01. The summed E-state index contributed by atoms with van der Waals surface area (Å²) in [5.74, 6) is 2.17. The summed E-state index contributed by atoms with van der Waals surface area (Å²) in [4.78, 5) is 4.54. The van der Waals surface area contributed by atoms with Crippen LogP contribution in [0.25, 0.3) is 0 Å². The lowest BCUT2D eigenvalue weighted by Crippen LogP contribution is -2.11. The third-order valence-electron chi connectivity index (χ3n) is 3.72. The van der Waals surface area contributed by atoms with E-state index >= 15 is 0 Å². The Balaban J connectivity index is 1.75. The molecule has 0 spiro atoms. The largest absolute Gasteiger partial charge is 0.339 e. The lowest BCUT2D eigenvalue weighted by atomic mass is 10.1. The molecule has 0 aliphatic heterocycles. The standard InChI is InChI=1S/C14H17N3O3S/c1-8(2)13-16-14(20-17-13)12-7-11(12)9-3-5-10(6-4-9)21(15,18)19/h3-6,8,11-12H,7H2,1-2H3,(H2,15,18,19)/t11-,12+/m0/s1. The van der Waals surface area contributed by atoms with Gasteiger partial charge in [-0.1, -0.05) is 31.1 Å². The highest BCUT2D eigenvalue weighted by Crippen LogP contribution is 2.54. The third-order valence-corrected chi connectivity index (χ3v) is 4.65. The van der Waals surface area contributed by atoms with Crippen LogP contribution in [0.2, 0.25) is 0 Å². The van der Waals surface area contributed by atoms with Crippen molar-refractivity contribution in [2.45, 2.75) is 42.9 Å². The van der Waals surface area contributed by atoms with Crippen molar-refractivity contribution in [2.24, 2.45) is 5.14 Å². The van der Waals surface area contributed by atoms with Crippen molar-refractivity contribution in [3.05, 3.63) is 41.5 Å². The highest BCUT2D eigenvalue weighted by molar-refractivity contribution is 7.89. The van der Waals surface area contributed by atoms with Gasteiger partial charge in [0, 0.05) is 11.8 Å². The number of rotatable bonds is 4. The Labute approximate surface area is 123 Å². The van der Waals surface area contributed by atoms with E-state index in [1.165, 1.54) is 12.1 Å². The fourth-order valence-corrected chi connectivity index (χ4v) is 2.89. The Hall–Kier alpha value is -1.73. The number of primary sulfonamides is 1. The molecule has 6 nitrogen and oxygen atoms in total. The lowest BCUT2D eigenvalue weighted by molar-refractivity contribution is 0.371. The number of hydrogen-bond acceptors (Lipinski definition) is 5. The van der Waals surface area contributed by atoms with Crippen LogP contribution >= 0.6 is 0 Å². The van der Waals surface area contributed by atoms with Gasteiger partial charge in [0.15, 0.2) is 5.82 Å². The van der Waals surface area contributed by atoms with Gasteiger partial charge in [0.05, 0.1) is 4.90 Å². The number of hydrogen-bond donors (Lipinski definition) is 1. The van der Waals surface area contributed by atoms with E-state index in [9.17, 15) is 8.42 Å². The highest BCUT2D eigenvalue weighted by Gasteiger charge is 2.43. The van der Waals surface area contributed by atoms with E-state index in [-0.39, 0.29) is 16.7 Å². The van der Waals surface area contributed by atoms with Gasteiger partial charge in [-0.05, 0) is 30.0 Å². The summed E-state index contributed by atoms with van der Waals surface area (Å²) < 4.78 is 27.8. The fraction of sp³-hybridized carbons (Fsp3) is 0.429. The Morgan fingerprint density at radius 1 is 1.24 bits per heavy atom. The van der Waals surface area contributed by atoms with E-state index in [0.717, 1.165) is 17.8 Å². The van der Waals surface area contributed by atoms with E-state index in [1.54, 1.807) is 12.1 Å². The average Bonchev–Trinajstić information content (AvgIpc) is 3.06. The smallest absolute Gasteiger partial charge is 0.238 e. The first kappa shape index (κ1) is 14.2. The summed E-state index contributed by atoms with van der Waals surface area (Å²) in [6, 6.07) is 6.66. The maximum atomic E-state index is 11.2. The minimum Gasteiger partial charge on any atom is -0.339 e. The molecule has 1 aromatic carbocycles. The summed E-state index contributed by atoms with van der Waals surface area (Å²) in [5, 5.41) is 9.06. The zero-order chi connectivity index (χ0) is 15.2. The van der Waals surface area contributed by atoms with Gasteiger partial charge >= 0.3 is 0 Å². The van der Waals surface area contributed by atoms with Crippen molar-refractivity contribution in [1.29, 1.82) is 0 Å². The average molecular weight is 307 g/mol. The topological polar surface area (TPSA) is 99.1 Å². The maximum Gasteiger partial charge on any atom is 0.238 e. The van der Waals surface area contributed by atoms with Gasteiger partial charge in [-0.2, -0.15) is 4.98 Å². The van der Waals surface area contributed by atoms with E-state index in [2.05, 4.69) is 10.1 Å². The normalized spacial score (nSPS) is 21.7. The molecule has 1 aliphatic rings. The Morgan fingerprint density at radius 2 is 1.90 bits per heavy atom. The molecule has 1 heterocycles. The summed E-state index contributed by atoms with van der Waals surface area (Å²) >= 11 is 0. The number of sulfonamides is 1. The number of nitrogens with two attached hydrogens (primary N) is 1. The minimum absolute atomic E-state index is 0.128. The second-order valence-corrected chi connectivity index (χ2v) is 7.27.